The largest absolute Gasteiger partial charge is 0.396 e. The molecule has 0 aliphatic rings. The Hall–Kier alpha value is -3.02. The Balaban J connectivity index is 1.71. The van der Waals surface area contributed by atoms with Gasteiger partial charge in [-0.15, -0.1) is 0 Å². The van der Waals surface area contributed by atoms with E-state index >= 15 is 0 Å². The van der Waals surface area contributed by atoms with Crippen LogP contribution in [0, 0.1) is 0 Å². The van der Waals surface area contributed by atoms with Crippen molar-refractivity contribution in [1.82, 2.24) is 14.8 Å². The lowest BCUT2D eigenvalue weighted by molar-refractivity contribution is 0.687. The zero-order chi connectivity index (χ0) is 14.7. The second kappa shape index (κ2) is 5.54. The van der Waals surface area contributed by atoms with Crippen molar-refractivity contribution in [3.8, 4) is 0 Å². The van der Waals surface area contributed by atoms with E-state index in [1.807, 2.05) is 29.1 Å². The number of nitrogen functional groups attached to an aromatic ring is 2. The fourth-order valence-corrected chi connectivity index (χ4v) is 1.99. The second-order valence-corrected chi connectivity index (χ2v) is 4.71. The lowest BCUT2D eigenvalue weighted by atomic mass is 10.2. The third-order valence-corrected chi connectivity index (χ3v) is 3.05. The van der Waals surface area contributed by atoms with Crippen LogP contribution < -0.4 is 16.8 Å². The molecule has 21 heavy (non-hydrogen) atoms. The van der Waals surface area contributed by atoms with E-state index in [9.17, 15) is 0 Å². The van der Waals surface area contributed by atoms with Gasteiger partial charge in [-0.3, -0.25) is 4.68 Å². The van der Waals surface area contributed by atoms with Crippen LogP contribution in [0.2, 0.25) is 0 Å². The quantitative estimate of drug-likeness (QED) is 0.681. The van der Waals surface area contributed by atoms with Gasteiger partial charge in [0.1, 0.15) is 11.6 Å². The average molecular weight is 280 g/mol. The van der Waals surface area contributed by atoms with E-state index in [0.29, 0.717) is 17.3 Å². The molecule has 6 nitrogen and oxygen atoms in total. The van der Waals surface area contributed by atoms with Gasteiger partial charge in [-0.25, -0.2) is 4.98 Å². The molecule has 0 saturated carbocycles. The number of rotatable bonds is 4. The van der Waals surface area contributed by atoms with Gasteiger partial charge in [0, 0.05) is 6.20 Å². The normalized spacial score (nSPS) is 10.5. The van der Waals surface area contributed by atoms with Gasteiger partial charge < -0.3 is 16.8 Å². The first-order chi connectivity index (χ1) is 10.2. The summed E-state index contributed by atoms with van der Waals surface area (Å²) in [5, 5.41) is 7.47. The predicted octanol–water partition coefficient (Wildman–Crippen LogP) is 2.23. The SMILES string of the molecule is Nc1ccc(Nc2cnn(Cc3ccccc3)c2)nc1N. The zero-order valence-corrected chi connectivity index (χ0v) is 11.4. The van der Waals surface area contributed by atoms with Gasteiger partial charge in [-0.1, -0.05) is 30.3 Å². The van der Waals surface area contributed by atoms with Gasteiger partial charge >= 0.3 is 0 Å². The highest BCUT2D eigenvalue weighted by Gasteiger charge is 2.03. The minimum Gasteiger partial charge on any atom is -0.396 e. The maximum Gasteiger partial charge on any atom is 0.149 e. The highest BCUT2D eigenvalue weighted by Crippen LogP contribution is 2.18. The van der Waals surface area contributed by atoms with E-state index in [-0.39, 0.29) is 0 Å². The standard InChI is InChI=1S/C15H16N6/c16-13-6-7-14(20-15(13)17)19-12-8-18-21(10-12)9-11-4-2-1-3-5-11/h1-8,10H,9,16H2,(H3,17,19,20). The number of anilines is 4. The molecule has 0 unspecified atom stereocenters. The molecule has 106 valence electrons. The van der Waals surface area contributed by atoms with Gasteiger partial charge in [0.05, 0.1) is 24.1 Å². The van der Waals surface area contributed by atoms with Gasteiger partial charge in [-0.2, -0.15) is 5.10 Å². The summed E-state index contributed by atoms with van der Waals surface area (Å²) >= 11 is 0. The van der Waals surface area contributed by atoms with Crippen molar-refractivity contribution >= 4 is 23.0 Å². The third-order valence-electron chi connectivity index (χ3n) is 3.05. The number of hydrogen-bond donors (Lipinski definition) is 3. The van der Waals surface area contributed by atoms with Crippen LogP contribution in [0.5, 0.6) is 0 Å². The maximum atomic E-state index is 5.68. The van der Waals surface area contributed by atoms with Crippen molar-refractivity contribution in [3.05, 3.63) is 60.4 Å². The molecule has 0 amide bonds. The topological polar surface area (TPSA) is 94.8 Å². The van der Waals surface area contributed by atoms with E-state index in [1.165, 1.54) is 5.56 Å². The van der Waals surface area contributed by atoms with Crippen molar-refractivity contribution in [2.45, 2.75) is 6.54 Å². The molecule has 2 heterocycles. The highest BCUT2D eigenvalue weighted by molar-refractivity contribution is 5.64. The summed E-state index contributed by atoms with van der Waals surface area (Å²) in [4.78, 5) is 4.17. The van der Waals surface area contributed by atoms with Crippen molar-refractivity contribution in [2.75, 3.05) is 16.8 Å². The Labute approximate surface area is 122 Å². The van der Waals surface area contributed by atoms with Gasteiger partial charge in [0.2, 0.25) is 0 Å². The monoisotopic (exact) mass is 280 g/mol. The zero-order valence-electron chi connectivity index (χ0n) is 11.4. The summed E-state index contributed by atoms with van der Waals surface area (Å²) in [5.74, 6) is 0.956. The molecule has 0 spiro atoms. The van der Waals surface area contributed by atoms with E-state index in [0.717, 1.165) is 12.2 Å². The molecule has 0 bridgehead atoms. The molecule has 1 aromatic carbocycles. The van der Waals surface area contributed by atoms with Crippen LogP contribution in [0.25, 0.3) is 0 Å². The lowest BCUT2D eigenvalue weighted by Gasteiger charge is -2.05. The van der Waals surface area contributed by atoms with Crippen LogP contribution >= 0.6 is 0 Å². The molecule has 3 rings (SSSR count). The number of benzene rings is 1. The lowest BCUT2D eigenvalue weighted by Crippen LogP contribution is -2.01. The molecule has 0 atom stereocenters. The minimum atomic E-state index is 0.316. The summed E-state index contributed by atoms with van der Waals surface area (Å²) in [5.41, 5.74) is 13.8. The van der Waals surface area contributed by atoms with Gasteiger partial charge in [-0.05, 0) is 17.7 Å². The first-order valence-electron chi connectivity index (χ1n) is 6.56. The summed E-state index contributed by atoms with van der Waals surface area (Å²) in [6, 6.07) is 13.7. The first-order valence-corrected chi connectivity index (χ1v) is 6.56. The molecule has 0 aliphatic heterocycles. The fraction of sp³-hybridized carbons (Fsp3) is 0.0667. The van der Waals surface area contributed by atoms with Crippen LogP contribution in [0.1, 0.15) is 5.56 Å². The molecule has 3 aromatic rings. The number of aromatic nitrogens is 3. The molecule has 6 heteroatoms. The van der Waals surface area contributed by atoms with Crippen molar-refractivity contribution < 1.29 is 0 Å². The Bertz CT molecular complexity index is 735. The van der Waals surface area contributed by atoms with Crippen molar-refractivity contribution in [2.24, 2.45) is 0 Å². The Morgan fingerprint density at radius 1 is 1.05 bits per heavy atom. The summed E-state index contributed by atoms with van der Waals surface area (Å²) in [6.07, 6.45) is 3.67. The number of nitrogens with two attached hydrogens (primary N) is 2. The Kier molecular flexibility index (Phi) is 3.42. The van der Waals surface area contributed by atoms with Crippen LogP contribution in [-0.2, 0) is 6.54 Å². The van der Waals surface area contributed by atoms with Crippen LogP contribution in [-0.4, -0.2) is 14.8 Å². The number of nitrogens with zero attached hydrogens (tertiary/aromatic N) is 3. The highest BCUT2D eigenvalue weighted by atomic mass is 15.3. The van der Waals surface area contributed by atoms with E-state index in [4.69, 9.17) is 11.5 Å². The molecular formula is C15H16N6. The summed E-state index contributed by atoms with van der Waals surface area (Å²) in [7, 11) is 0. The fourth-order valence-electron chi connectivity index (χ4n) is 1.99. The van der Waals surface area contributed by atoms with E-state index in [1.54, 1.807) is 18.3 Å². The predicted molar refractivity (Wildman–Crippen MR) is 84.1 cm³/mol. The first kappa shape index (κ1) is 13.0. The van der Waals surface area contributed by atoms with Gasteiger partial charge in [0.15, 0.2) is 0 Å². The van der Waals surface area contributed by atoms with Gasteiger partial charge in [0.25, 0.3) is 0 Å². The van der Waals surface area contributed by atoms with E-state index < -0.39 is 0 Å². The molecule has 2 aromatic heterocycles. The molecular weight excluding hydrogens is 264 g/mol. The maximum absolute atomic E-state index is 5.68. The molecule has 0 aliphatic carbocycles. The number of pyridine rings is 1. The molecule has 0 radical (unpaired) electrons. The summed E-state index contributed by atoms with van der Waals surface area (Å²) < 4.78 is 1.86. The number of hydrogen-bond acceptors (Lipinski definition) is 5. The van der Waals surface area contributed by atoms with Crippen molar-refractivity contribution in [3.63, 3.8) is 0 Å². The van der Waals surface area contributed by atoms with Crippen LogP contribution in [0.15, 0.2) is 54.9 Å². The number of nitrogens with one attached hydrogen (secondary N) is 1. The second-order valence-electron chi connectivity index (χ2n) is 4.71. The molecule has 0 saturated heterocycles. The third kappa shape index (κ3) is 3.11. The molecule has 0 fully saturated rings. The van der Waals surface area contributed by atoms with Crippen molar-refractivity contribution in [1.29, 1.82) is 0 Å². The van der Waals surface area contributed by atoms with Crippen LogP contribution in [0.3, 0.4) is 0 Å². The Morgan fingerprint density at radius 2 is 1.86 bits per heavy atom. The van der Waals surface area contributed by atoms with E-state index in [2.05, 4.69) is 27.5 Å². The van der Waals surface area contributed by atoms with Crippen LogP contribution in [0.4, 0.5) is 23.0 Å². The smallest absolute Gasteiger partial charge is 0.149 e. The Morgan fingerprint density at radius 3 is 2.62 bits per heavy atom. The summed E-state index contributed by atoms with van der Waals surface area (Å²) in [6.45, 7) is 0.722. The minimum absolute atomic E-state index is 0.316. The average Bonchev–Trinajstić information content (AvgIpc) is 2.91. The molecule has 5 N–H and O–H groups in total.